The van der Waals surface area contributed by atoms with Crippen LogP contribution in [0, 0.1) is 13.8 Å². The molecule has 0 spiro atoms. The zero-order valence-electron chi connectivity index (χ0n) is 12.7. The number of hydrogen-bond donors (Lipinski definition) is 2. The molecule has 0 fully saturated rings. The Balaban J connectivity index is 2.38. The SMILES string of the molecule is CC(=O)Nc1ccc(C)c(S(=O)(=O)Nc2cccc(C)c2)c1. The number of sulfonamides is 1. The third-order valence-corrected chi connectivity index (χ3v) is 4.59. The highest BCUT2D eigenvalue weighted by molar-refractivity contribution is 7.92. The van der Waals surface area contributed by atoms with Crippen molar-refractivity contribution in [2.24, 2.45) is 0 Å². The summed E-state index contributed by atoms with van der Waals surface area (Å²) in [5.41, 5.74) is 2.52. The van der Waals surface area contributed by atoms with Crippen LogP contribution in [0.25, 0.3) is 0 Å². The predicted octanol–water partition coefficient (Wildman–Crippen LogP) is 3.06. The summed E-state index contributed by atoms with van der Waals surface area (Å²) in [6.07, 6.45) is 0. The molecule has 0 saturated carbocycles. The summed E-state index contributed by atoms with van der Waals surface area (Å²) in [5.74, 6) is -0.251. The molecule has 1 amide bonds. The standard InChI is InChI=1S/C16H18N2O3S/c1-11-5-4-6-15(9-11)18-22(20,21)16-10-14(17-13(3)19)8-7-12(16)2/h4-10,18H,1-3H3,(H,17,19). The average Bonchev–Trinajstić information content (AvgIpc) is 2.39. The van der Waals surface area contributed by atoms with Crippen LogP contribution >= 0.6 is 0 Å². The molecule has 2 rings (SSSR count). The average molecular weight is 318 g/mol. The summed E-state index contributed by atoms with van der Waals surface area (Å²) >= 11 is 0. The molecule has 0 saturated heterocycles. The molecular weight excluding hydrogens is 300 g/mol. The van der Waals surface area contributed by atoms with Crippen molar-refractivity contribution in [3.63, 3.8) is 0 Å². The lowest BCUT2D eigenvalue weighted by molar-refractivity contribution is -0.114. The van der Waals surface area contributed by atoms with Gasteiger partial charge in [-0.15, -0.1) is 0 Å². The highest BCUT2D eigenvalue weighted by Crippen LogP contribution is 2.23. The van der Waals surface area contributed by atoms with Gasteiger partial charge in [0.1, 0.15) is 0 Å². The second-order valence-electron chi connectivity index (χ2n) is 5.14. The van der Waals surface area contributed by atoms with Gasteiger partial charge in [-0.2, -0.15) is 0 Å². The third-order valence-electron chi connectivity index (χ3n) is 3.07. The van der Waals surface area contributed by atoms with Crippen molar-refractivity contribution in [3.8, 4) is 0 Å². The van der Waals surface area contributed by atoms with E-state index >= 15 is 0 Å². The van der Waals surface area contributed by atoms with Crippen molar-refractivity contribution < 1.29 is 13.2 Å². The van der Waals surface area contributed by atoms with Gasteiger partial charge < -0.3 is 5.32 Å². The van der Waals surface area contributed by atoms with Crippen molar-refractivity contribution in [2.75, 3.05) is 10.0 Å². The maximum absolute atomic E-state index is 12.5. The molecular formula is C16H18N2O3S. The Kier molecular flexibility index (Phi) is 4.51. The van der Waals surface area contributed by atoms with E-state index in [9.17, 15) is 13.2 Å². The van der Waals surface area contributed by atoms with Crippen molar-refractivity contribution in [1.82, 2.24) is 0 Å². The Morgan fingerprint density at radius 1 is 1.00 bits per heavy atom. The first-order chi connectivity index (χ1) is 10.3. The number of amides is 1. The molecule has 2 aromatic carbocycles. The lowest BCUT2D eigenvalue weighted by Crippen LogP contribution is -2.15. The number of hydrogen-bond acceptors (Lipinski definition) is 3. The van der Waals surface area contributed by atoms with Crippen molar-refractivity contribution in [1.29, 1.82) is 0 Å². The van der Waals surface area contributed by atoms with Crippen molar-refractivity contribution in [2.45, 2.75) is 25.7 Å². The second-order valence-corrected chi connectivity index (χ2v) is 6.79. The van der Waals surface area contributed by atoms with E-state index in [2.05, 4.69) is 10.0 Å². The maximum atomic E-state index is 12.5. The zero-order chi connectivity index (χ0) is 16.3. The monoisotopic (exact) mass is 318 g/mol. The number of aryl methyl sites for hydroxylation is 2. The normalized spacial score (nSPS) is 11.0. The van der Waals surface area contributed by atoms with E-state index in [1.807, 2.05) is 13.0 Å². The molecule has 0 aliphatic heterocycles. The Morgan fingerprint density at radius 3 is 2.36 bits per heavy atom. The van der Waals surface area contributed by atoms with Gasteiger partial charge in [0, 0.05) is 18.3 Å². The highest BCUT2D eigenvalue weighted by atomic mass is 32.2. The molecule has 5 nitrogen and oxygen atoms in total. The van der Waals surface area contributed by atoms with Crippen LogP contribution in [0.2, 0.25) is 0 Å². The first-order valence-corrected chi connectivity index (χ1v) is 8.24. The lowest BCUT2D eigenvalue weighted by atomic mass is 10.2. The molecule has 2 N–H and O–H groups in total. The van der Waals surface area contributed by atoms with Gasteiger partial charge in [-0.1, -0.05) is 18.2 Å². The Labute approximate surface area is 130 Å². The highest BCUT2D eigenvalue weighted by Gasteiger charge is 2.18. The zero-order valence-corrected chi connectivity index (χ0v) is 13.5. The summed E-state index contributed by atoms with van der Waals surface area (Å²) in [7, 11) is -3.72. The van der Waals surface area contributed by atoms with Crippen LogP contribution in [0.3, 0.4) is 0 Å². The minimum atomic E-state index is -3.72. The Hall–Kier alpha value is -2.34. The van der Waals surface area contributed by atoms with Crippen LogP contribution in [-0.4, -0.2) is 14.3 Å². The minimum Gasteiger partial charge on any atom is -0.326 e. The number of benzene rings is 2. The topological polar surface area (TPSA) is 75.3 Å². The predicted molar refractivity (Wildman–Crippen MR) is 87.5 cm³/mol. The molecule has 22 heavy (non-hydrogen) atoms. The summed E-state index contributed by atoms with van der Waals surface area (Å²) in [5, 5.41) is 2.59. The fourth-order valence-electron chi connectivity index (χ4n) is 2.09. The fraction of sp³-hybridized carbons (Fsp3) is 0.188. The summed E-state index contributed by atoms with van der Waals surface area (Å²) in [4.78, 5) is 11.3. The van der Waals surface area contributed by atoms with Crippen LogP contribution in [-0.2, 0) is 14.8 Å². The molecule has 6 heteroatoms. The molecule has 0 radical (unpaired) electrons. The summed E-state index contributed by atoms with van der Waals surface area (Å²) in [6.45, 7) is 4.97. The lowest BCUT2D eigenvalue weighted by Gasteiger charge is -2.12. The maximum Gasteiger partial charge on any atom is 0.262 e. The van der Waals surface area contributed by atoms with Gasteiger partial charge in [0.05, 0.1) is 4.90 Å². The van der Waals surface area contributed by atoms with E-state index in [4.69, 9.17) is 0 Å². The molecule has 0 atom stereocenters. The first kappa shape index (κ1) is 16.0. The molecule has 0 aliphatic carbocycles. The fourth-order valence-corrected chi connectivity index (χ4v) is 3.41. The molecule has 116 valence electrons. The Morgan fingerprint density at radius 2 is 1.73 bits per heavy atom. The molecule has 0 unspecified atom stereocenters. The molecule has 0 aliphatic rings. The third kappa shape index (κ3) is 3.85. The number of carbonyl (C=O) groups excluding carboxylic acids is 1. The smallest absolute Gasteiger partial charge is 0.262 e. The van der Waals surface area contributed by atoms with Gasteiger partial charge in [0.25, 0.3) is 10.0 Å². The van der Waals surface area contributed by atoms with E-state index in [0.717, 1.165) is 5.56 Å². The molecule has 0 heterocycles. The van der Waals surface area contributed by atoms with Crippen LogP contribution in [0.4, 0.5) is 11.4 Å². The second kappa shape index (κ2) is 6.19. The van der Waals surface area contributed by atoms with Crippen molar-refractivity contribution in [3.05, 3.63) is 53.6 Å². The van der Waals surface area contributed by atoms with E-state index < -0.39 is 10.0 Å². The number of nitrogens with one attached hydrogen (secondary N) is 2. The first-order valence-electron chi connectivity index (χ1n) is 6.76. The number of anilines is 2. The molecule has 2 aromatic rings. The largest absolute Gasteiger partial charge is 0.326 e. The van der Waals surface area contributed by atoms with E-state index in [1.165, 1.54) is 13.0 Å². The number of carbonyl (C=O) groups is 1. The van der Waals surface area contributed by atoms with Gasteiger partial charge in [-0.25, -0.2) is 8.42 Å². The molecule has 0 aromatic heterocycles. The van der Waals surface area contributed by atoms with E-state index in [-0.39, 0.29) is 10.8 Å². The quantitative estimate of drug-likeness (QED) is 0.909. The van der Waals surface area contributed by atoms with Gasteiger partial charge >= 0.3 is 0 Å². The summed E-state index contributed by atoms with van der Waals surface area (Å²) < 4.78 is 27.7. The van der Waals surface area contributed by atoms with Gasteiger partial charge in [0.15, 0.2) is 0 Å². The van der Waals surface area contributed by atoms with E-state index in [0.29, 0.717) is 16.9 Å². The van der Waals surface area contributed by atoms with Crippen LogP contribution in [0.5, 0.6) is 0 Å². The van der Waals surface area contributed by atoms with Gasteiger partial charge in [0.2, 0.25) is 5.91 Å². The van der Waals surface area contributed by atoms with E-state index in [1.54, 1.807) is 37.3 Å². The summed E-state index contributed by atoms with van der Waals surface area (Å²) in [6, 6.07) is 11.9. The van der Waals surface area contributed by atoms with Crippen molar-refractivity contribution >= 4 is 27.3 Å². The van der Waals surface area contributed by atoms with Crippen LogP contribution in [0.1, 0.15) is 18.1 Å². The van der Waals surface area contributed by atoms with Gasteiger partial charge in [-0.05, 0) is 49.2 Å². The molecule has 0 bridgehead atoms. The number of rotatable bonds is 4. The van der Waals surface area contributed by atoms with Crippen LogP contribution < -0.4 is 10.0 Å². The van der Waals surface area contributed by atoms with Gasteiger partial charge in [-0.3, -0.25) is 9.52 Å². The van der Waals surface area contributed by atoms with Crippen LogP contribution in [0.15, 0.2) is 47.4 Å². The minimum absolute atomic E-state index is 0.139. The Bertz CT molecular complexity index is 814.